The molecule has 0 heterocycles. The fourth-order valence-corrected chi connectivity index (χ4v) is 5.36. The van der Waals surface area contributed by atoms with E-state index in [9.17, 15) is 14.4 Å². The Hall–Kier alpha value is -3.78. The van der Waals surface area contributed by atoms with E-state index >= 15 is 0 Å². The minimum Gasteiger partial charge on any atom is -0.494 e. The third-order valence-electron chi connectivity index (χ3n) is 7.88. The summed E-state index contributed by atoms with van der Waals surface area (Å²) in [6, 6.07) is 14.2. The molecule has 2 aromatic rings. The van der Waals surface area contributed by atoms with Crippen molar-refractivity contribution in [1.29, 1.82) is 0 Å². The van der Waals surface area contributed by atoms with Crippen molar-refractivity contribution in [2.24, 2.45) is 0 Å². The van der Waals surface area contributed by atoms with Crippen LogP contribution >= 0.6 is 11.6 Å². The topological polar surface area (TPSA) is 109 Å². The summed E-state index contributed by atoms with van der Waals surface area (Å²) < 4.78 is 5.83. The highest BCUT2D eigenvalue weighted by Gasteiger charge is 2.21. The molecule has 48 heavy (non-hydrogen) atoms. The zero-order valence-corrected chi connectivity index (χ0v) is 29.8. The molecule has 0 aromatic heterocycles. The second-order valence-corrected chi connectivity index (χ2v) is 12.7. The van der Waals surface area contributed by atoms with Crippen molar-refractivity contribution >= 4 is 35.0 Å². The first kappa shape index (κ1) is 40.4. The Morgan fingerprint density at radius 2 is 1.52 bits per heavy atom. The molecular weight excluding hydrogens is 624 g/mol. The van der Waals surface area contributed by atoms with Gasteiger partial charge in [0.25, 0.3) is 5.91 Å². The summed E-state index contributed by atoms with van der Waals surface area (Å²) in [5, 5.41) is 12.4. The van der Waals surface area contributed by atoms with Crippen LogP contribution in [0.4, 0.5) is 5.69 Å². The Morgan fingerprint density at radius 1 is 0.833 bits per heavy atom. The average molecular weight is 681 g/mol. The van der Waals surface area contributed by atoms with E-state index in [1.54, 1.807) is 48.5 Å². The number of allylic oxidation sites excluding steroid dienone is 2. The van der Waals surface area contributed by atoms with Crippen LogP contribution in [0.2, 0.25) is 5.02 Å². The van der Waals surface area contributed by atoms with Crippen LogP contribution in [0.15, 0.2) is 72.8 Å². The zero-order valence-electron chi connectivity index (χ0n) is 29.1. The molecule has 0 saturated carbocycles. The minimum absolute atomic E-state index is 0.0580. The summed E-state index contributed by atoms with van der Waals surface area (Å²) in [6.45, 7) is 9.48. The molecule has 3 amide bonds. The molecule has 264 valence electrons. The van der Waals surface area contributed by atoms with Gasteiger partial charge >= 0.3 is 0 Å². The van der Waals surface area contributed by atoms with Crippen LogP contribution in [-0.2, 0) is 20.8 Å². The van der Waals surface area contributed by atoms with Gasteiger partial charge in [-0.25, -0.2) is 0 Å². The molecule has 4 N–H and O–H groups in total. The number of unbranched alkanes of at least 4 members (excludes halogenated alkanes) is 9. The van der Waals surface area contributed by atoms with Crippen LogP contribution in [0.25, 0.3) is 0 Å². The molecule has 1 unspecified atom stereocenters. The molecule has 0 radical (unpaired) electrons. The first-order valence-corrected chi connectivity index (χ1v) is 18.0. The van der Waals surface area contributed by atoms with E-state index in [4.69, 9.17) is 16.3 Å². The van der Waals surface area contributed by atoms with Gasteiger partial charge in [0.15, 0.2) is 6.17 Å². The van der Waals surface area contributed by atoms with Crippen LogP contribution < -0.4 is 26.0 Å². The largest absolute Gasteiger partial charge is 0.494 e. The first-order chi connectivity index (χ1) is 23.3. The summed E-state index contributed by atoms with van der Waals surface area (Å²) in [5.74, 6) is 0.0391. The minimum atomic E-state index is -0.994. The van der Waals surface area contributed by atoms with Crippen LogP contribution in [0.1, 0.15) is 103 Å². The number of carbonyl (C=O) groups excluding carboxylic acids is 3. The first-order valence-electron chi connectivity index (χ1n) is 17.7. The van der Waals surface area contributed by atoms with Gasteiger partial charge in [0, 0.05) is 30.2 Å². The van der Waals surface area contributed by atoms with Gasteiger partial charge in [0.05, 0.1) is 13.0 Å². The van der Waals surface area contributed by atoms with E-state index < -0.39 is 6.17 Å². The maximum Gasteiger partial charge on any atom is 0.263 e. The molecule has 0 bridgehead atoms. The average Bonchev–Trinajstić information content (AvgIpc) is 3.06. The van der Waals surface area contributed by atoms with Crippen molar-refractivity contribution in [2.45, 2.75) is 110 Å². The predicted octanol–water partition coefficient (Wildman–Crippen LogP) is 8.27. The molecule has 0 aliphatic carbocycles. The van der Waals surface area contributed by atoms with Crippen LogP contribution in [0, 0.1) is 0 Å². The van der Waals surface area contributed by atoms with E-state index in [1.807, 2.05) is 19.1 Å². The van der Waals surface area contributed by atoms with Crippen LogP contribution in [0.3, 0.4) is 0 Å². The highest BCUT2D eigenvalue weighted by atomic mass is 35.5. The Labute approximate surface area is 293 Å². The summed E-state index contributed by atoms with van der Waals surface area (Å²) in [5.41, 5.74) is 2.47. The van der Waals surface area contributed by atoms with E-state index in [-0.39, 0.29) is 24.1 Å². The molecule has 1 atom stereocenters. The lowest BCUT2D eigenvalue weighted by atomic mass is 10.1. The van der Waals surface area contributed by atoms with Crippen molar-refractivity contribution in [2.75, 3.05) is 25.0 Å². The Balaban J connectivity index is 1.73. The van der Waals surface area contributed by atoms with E-state index in [0.717, 1.165) is 30.5 Å². The van der Waals surface area contributed by atoms with Crippen LogP contribution in [0.5, 0.6) is 5.75 Å². The second-order valence-electron chi connectivity index (χ2n) is 12.2. The monoisotopic (exact) mass is 680 g/mol. The van der Waals surface area contributed by atoms with Gasteiger partial charge < -0.3 is 26.0 Å². The molecule has 0 aliphatic heterocycles. The number of carbonyl (C=O) groups is 3. The summed E-state index contributed by atoms with van der Waals surface area (Å²) in [4.78, 5) is 38.1. The Morgan fingerprint density at radius 3 is 2.19 bits per heavy atom. The third kappa shape index (κ3) is 19.1. The summed E-state index contributed by atoms with van der Waals surface area (Å²) >= 11 is 6.07. The van der Waals surface area contributed by atoms with E-state index in [2.05, 4.69) is 34.8 Å². The molecule has 0 aliphatic rings. The number of halogens is 1. The second kappa shape index (κ2) is 25.3. The van der Waals surface area contributed by atoms with Gasteiger partial charge in [-0.3, -0.25) is 14.4 Å². The van der Waals surface area contributed by atoms with Crippen molar-refractivity contribution in [3.05, 3.63) is 83.4 Å². The number of nitrogens with one attached hydrogen (secondary N) is 4. The quantitative estimate of drug-likeness (QED) is 0.0454. The molecule has 0 fully saturated rings. The lowest BCUT2D eigenvalue weighted by Crippen LogP contribution is -2.51. The molecule has 9 heteroatoms. The van der Waals surface area contributed by atoms with Gasteiger partial charge in [-0.15, -0.1) is 0 Å². The number of benzene rings is 2. The fraction of sp³-hybridized carbons (Fsp3) is 0.513. The molecule has 8 nitrogen and oxygen atoms in total. The third-order valence-corrected chi connectivity index (χ3v) is 8.11. The maximum atomic E-state index is 13.1. The van der Waals surface area contributed by atoms with Crippen LogP contribution in [-0.4, -0.2) is 43.6 Å². The number of hydrogen-bond donors (Lipinski definition) is 4. The van der Waals surface area contributed by atoms with Crippen molar-refractivity contribution in [3.63, 3.8) is 0 Å². The Bertz CT molecular complexity index is 1260. The highest BCUT2D eigenvalue weighted by molar-refractivity contribution is 6.30. The van der Waals surface area contributed by atoms with Gasteiger partial charge in [-0.05, 0) is 68.1 Å². The molecule has 2 aromatic carbocycles. The van der Waals surface area contributed by atoms with Gasteiger partial charge in [0.1, 0.15) is 5.75 Å². The van der Waals surface area contributed by atoms with Crippen molar-refractivity contribution < 1.29 is 19.1 Å². The normalized spacial score (nSPS) is 11.8. The summed E-state index contributed by atoms with van der Waals surface area (Å²) in [7, 11) is 0. The van der Waals surface area contributed by atoms with E-state index in [0.29, 0.717) is 48.9 Å². The number of rotatable bonds is 26. The molecule has 2 rings (SSSR count). The summed E-state index contributed by atoms with van der Waals surface area (Å²) in [6.07, 6.45) is 17.2. The zero-order chi connectivity index (χ0) is 34.8. The molecular formula is C39H57ClN4O4. The smallest absolute Gasteiger partial charge is 0.263 e. The lowest BCUT2D eigenvalue weighted by molar-refractivity contribution is -0.128. The maximum absolute atomic E-state index is 13.1. The number of amides is 3. The number of ether oxygens (including phenoxy) is 1. The van der Waals surface area contributed by atoms with Crippen molar-refractivity contribution in [3.8, 4) is 5.75 Å². The Kier molecular flexibility index (Phi) is 21.3. The van der Waals surface area contributed by atoms with Gasteiger partial charge in [0.2, 0.25) is 11.8 Å². The fourth-order valence-electron chi connectivity index (χ4n) is 5.15. The van der Waals surface area contributed by atoms with Gasteiger partial charge in [-0.1, -0.05) is 113 Å². The molecule has 0 spiro atoms. The standard InChI is InChI=1S/C39H57ClN4O4/c1-4-6-7-8-9-10-11-12-13-14-26-41-36(45)20-16-28-48-35-23-21-34(22-24-35)43-38(39(47)42-27-25-31(3)17-5-2)44-37(46)30-32-18-15-19-33(40)29-32/h5,15,17-19,21-24,29,38,43H,2,4,6-14,16,20,25-28,30H2,1,3H3,(H,41,45)(H,42,47)(H,44,46). The molecule has 0 saturated heterocycles. The SMILES string of the molecule is C=CC=C(C)CCNC(=O)C(NC(=O)Cc1cccc(Cl)c1)Nc1ccc(OCCCC(=O)NCCCCCCCCCCCC)cc1. The highest BCUT2D eigenvalue weighted by Crippen LogP contribution is 2.17. The number of hydrogen-bond acceptors (Lipinski definition) is 5. The number of anilines is 1. The van der Waals surface area contributed by atoms with Crippen molar-refractivity contribution in [1.82, 2.24) is 16.0 Å². The van der Waals surface area contributed by atoms with Gasteiger partial charge in [-0.2, -0.15) is 0 Å². The van der Waals surface area contributed by atoms with E-state index in [1.165, 1.54) is 51.4 Å². The predicted molar refractivity (Wildman–Crippen MR) is 198 cm³/mol. The lowest BCUT2D eigenvalue weighted by Gasteiger charge is -2.21.